The summed E-state index contributed by atoms with van der Waals surface area (Å²) in [5.74, 6) is -3.79. The van der Waals surface area contributed by atoms with Crippen molar-refractivity contribution in [3.8, 4) is 17.2 Å². The van der Waals surface area contributed by atoms with Crippen LogP contribution in [-0.2, 0) is 42.8 Å². The lowest BCUT2D eigenvalue weighted by Gasteiger charge is -2.48. The smallest absolute Gasteiger partial charge is 0.405 e. The minimum absolute atomic E-state index is 0.401. The molecular formula is C44H57N7O20. The molecule has 0 bridgehead atoms. The molecule has 27 heteroatoms. The first-order valence-electron chi connectivity index (χ1n) is 21.7. The van der Waals surface area contributed by atoms with Gasteiger partial charge in [0.1, 0.15) is 16.6 Å². The number of hydrogen-bond donors (Lipinski definition) is 17. The average molecular weight is 1000 g/mol. The Hall–Kier alpha value is -7.69. The molecule has 4 amide bonds. The molecule has 3 aromatic heterocycles. The third-order valence-corrected chi connectivity index (χ3v) is 12.1. The maximum atomic E-state index is 13.8. The van der Waals surface area contributed by atoms with Crippen molar-refractivity contribution in [1.82, 2.24) is 35.0 Å². The summed E-state index contributed by atoms with van der Waals surface area (Å²) in [7, 11) is 0. The molecule has 4 aromatic rings. The molecule has 3 heterocycles. The van der Waals surface area contributed by atoms with Gasteiger partial charge < -0.3 is 101 Å². The number of hydrogen-bond acceptors (Lipinski definition) is 16. The van der Waals surface area contributed by atoms with E-state index in [2.05, 4.69) is 21.3 Å². The van der Waals surface area contributed by atoms with Gasteiger partial charge in [0.25, 0.3) is 0 Å². The van der Waals surface area contributed by atoms with Crippen LogP contribution in [0.15, 0.2) is 63.3 Å². The fraction of sp³-hybridized carbons (Fsp3) is 0.432. The monoisotopic (exact) mass is 1000 g/mol. The summed E-state index contributed by atoms with van der Waals surface area (Å²) in [6, 6.07) is 4.49. The lowest BCUT2D eigenvalue weighted by molar-refractivity contribution is 0.0783. The number of rotatable bonds is 23. The zero-order valence-corrected chi connectivity index (χ0v) is 38.4. The van der Waals surface area contributed by atoms with Crippen LogP contribution in [-0.4, -0.2) is 143 Å². The number of pyridine rings is 3. The first kappa shape index (κ1) is 55.9. The van der Waals surface area contributed by atoms with Crippen LogP contribution in [0.5, 0.6) is 17.2 Å². The van der Waals surface area contributed by atoms with Crippen molar-refractivity contribution in [3.63, 3.8) is 0 Å². The Kier molecular flexibility index (Phi) is 18.0. The SMILES string of the molecule is CCC(NC(=O)O)(c1ccc(CNC(=O)O)c(C(CC)(NC(=O)O)c2c(O)c(=O)ccn2CC(O)CO)c1C(CC)(NC(=O)O)c1c(O)c(=O)ccn1CC(O)CO)c1c(O)c(=O)ccn1CC(O)CO. The molecule has 0 aliphatic rings. The minimum Gasteiger partial charge on any atom is -0.503 e. The van der Waals surface area contributed by atoms with E-state index >= 15 is 0 Å². The zero-order valence-electron chi connectivity index (χ0n) is 38.4. The van der Waals surface area contributed by atoms with Crippen LogP contribution >= 0.6 is 0 Å². The molecule has 27 nitrogen and oxygen atoms in total. The summed E-state index contributed by atoms with van der Waals surface area (Å²) in [6.07, 6.45) is -12.1. The molecule has 0 saturated carbocycles. The molecule has 1 aromatic carbocycles. The molecule has 0 fully saturated rings. The quantitative estimate of drug-likeness (QED) is 0.0418. The van der Waals surface area contributed by atoms with Gasteiger partial charge in [-0.15, -0.1) is 0 Å². The number of aromatic nitrogens is 3. The Morgan fingerprint density at radius 1 is 0.507 bits per heavy atom. The van der Waals surface area contributed by atoms with Gasteiger partial charge in [-0.1, -0.05) is 32.9 Å². The van der Waals surface area contributed by atoms with E-state index in [1.807, 2.05) is 0 Å². The number of nitrogens with one attached hydrogen (secondary N) is 4. The van der Waals surface area contributed by atoms with E-state index in [0.717, 1.165) is 62.6 Å². The van der Waals surface area contributed by atoms with Crippen LogP contribution in [0.2, 0.25) is 0 Å². The molecular weight excluding hydrogens is 947 g/mol. The van der Waals surface area contributed by atoms with E-state index in [-0.39, 0.29) is 0 Å². The van der Waals surface area contributed by atoms with Crippen molar-refractivity contribution in [3.05, 3.63) is 119 Å². The Morgan fingerprint density at radius 3 is 1.14 bits per heavy atom. The van der Waals surface area contributed by atoms with Crippen LogP contribution in [0.3, 0.4) is 0 Å². The first-order chi connectivity index (χ1) is 33.4. The third-order valence-electron chi connectivity index (χ3n) is 12.1. The van der Waals surface area contributed by atoms with Crippen LogP contribution in [0.25, 0.3) is 0 Å². The standard InChI is InChI=1S/C44H57N7O20/c1-4-42(46-39(66)67,35-32(61)27(58)9-12-49(35)16-23(55)19-52)26-8-7-22(15-45-38(64)65)30(43(5-2,47-40(68)69)36-33(62)28(59)10-13-50(36)17-24(56)20-53)31(26)44(6-3,48-41(70)71)37-34(63)29(60)11-14-51(37)18-25(57)21-54/h7-14,23-25,45-48,52-57,61-63H,4-6,15-21H2,1-3H3,(H,64,65)(H,66,67)(H,68,69)(H,70,71). The Morgan fingerprint density at radius 2 is 0.831 bits per heavy atom. The van der Waals surface area contributed by atoms with Crippen molar-refractivity contribution in [2.45, 2.75) is 101 Å². The number of amides is 4. The predicted molar refractivity (Wildman–Crippen MR) is 244 cm³/mol. The number of benzene rings is 1. The lowest BCUT2D eigenvalue weighted by atomic mass is 9.65. The lowest BCUT2D eigenvalue weighted by Crippen LogP contribution is -2.57. The van der Waals surface area contributed by atoms with Gasteiger partial charge in [0.2, 0.25) is 16.3 Å². The van der Waals surface area contributed by atoms with Crippen molar-refractivity contribution >= 4 is 24.4 Å². The minimum atomic E-state index is -2.93. The third kappa shape index (κ3) is 11.0. The van der Waals surface area contributed by atoms with Crippen molar-refractivity contribution in [1.29, 1.82) is 0 Å². The fourth-order valence-corrected chi connectivity index (χ4v) is 9.19. The summed E-state index contributed by atoms with van der Waals surface area (Å²) in [5.41, 5.74) is -17.0. The van der Waals surface area contributed by atoms with Crippen LogP contribution < -0.4 is 37.6 Å². The van der Waals surface area contributed by atoms with Gasteiger partial charge in [-0.05, 0) is 41.5 Å². The molecule has 0 spiro atoms. The highest BCUT2D eigenvalue weighted by molar-refractivity contribution is 5.75. The van der Waals surface area contributed by atoms with Crippen LogP contribution in [0.1, 0.15) is 79.4 Å². The summed E-state index contributed by atoms with van der Waals surface area (Å²) in [5, 5.41) is 150. The van der Waals surface area contributed by atoms with Gasteiger partial charge in [-0.3, -0.25) is 14.4 Å². The van der Waals surface area contributed by atoms with Crippen LogP contribution in [0.4, 0.5) is 19.2 Å². The second-order valence-corrected chi connectivity index (χ2v) is 16.3. The van der Waals surface area contributed by atoms with Gasteiger partial charge >= 0.3 is 24.4 Å². The highest BCUT2D eigenvalue weighted by Gasteiger charge is 2.54. The van der Waals surface area contributed by atoms with Crippen LogP contribution in [0, 0.1) is 0 Å². The Bertz CT molecular complexity index is 2810. The van der Waals surface area contributed by atoms with Crippen molar-refractivity contribution in [2.75, 3.05) is 19.8 Å². The van der Waals surface area contributed by atoms with E-state index < -0.39 is 197 Å². The molecule has 0 radical (unpaired) electrons. The Balaban J connectivity index is 2.74. The summed E-state index contributed by atoms with van der Waals surface area (Å²) < 4.78 is 2.78. The molecule has 0 aliphatic carbocycles. The molecule has 6 unspecified atom stereocenters. The molecule has 6 atom stereocenters. The van der Waals surface area contributed by atoms with E-state index in [1.54, 1.807) is 0 Å². The average Bonchev–Trinajstić information content (AvgIpc) is 3.32. The second kappa shape index (κ2) is 22.8. The summed E-state index contributed by atoms with van der Waals surface area (Å²) >= 11 is 0. The molecule has 17 N–H and O–H groups in total. The Labute approximate surface area is 401 Å². The highest BCUT2D eigenvalue weighted by Crippen LogP contribution is 2.52. The second-order valence-electron chi connectivity index (χ2n) is 16.3. The van der Waals surface area contributed by atoms with E-state index in [1.165, 1.54) is 20.8 Å². The molecule has 71 heavy (non-hydrogen) atoms. The van der Waals surface area contributed by atoms with E-state index in [0.29, 0.717) is 0 Å². The number of aliphatic hydroxyl groups excluding tert-OH is 6. The summed E-state index contributed by atoms with van der Waals surface area (Å²) in [4.78, 5) is 93.9. The fourth-order valence-electron chi connectivity index (χ4n) is 9.19. The maximum Gasteiger partial charge on any atom is 0.405 e. The number of nitrogens with zero attached hydrogens (tertiary/aromatic N) is 3. The molecule has 0 aliphatic heterocycles. The van der Waals surface area contributed by atoms with Gasteiger partial charge in [-0.25, -0.2) is 19.2 Å². The molecule has 4 rings (SSSR count). The molecule has 388 valence electrons. The van der Waals surface area contributed by atoms with E-state index in [4.69, 9.17) is 0 Å². The number of aliphatic hydroxyl groups is 6. The maximum absolute atomic E-state index is 13.8. The molecule has 0 saturated heterocycles. The topological polar surface area (TPSA) is 445 Å². The van der Waals surface area contributed by atoms with Crippen molar-refractivity contribution < 1.29 is 85.6 Å². The highest BCUT2D eigenvalue weighted by atomic mass is 16.4. The zero-order chi connectivity index (χ0) is 53.3. The number of aromatic hydroxyl groups is 3. The largest absolute Gasteiger partial charge is 0.503 e. The predicted octanol–water partition coefficient (Wildman–Crippen LogP) is -1.12. The first-order valence-corrected chi connectivity index (χ1v) is 21.7. The number of carboxylic acid groups (broad SMARTS) is 4. The summed E-state index contributed by atoms with van der Waals surface area (Å²) in [6.45, 7) is -2.27. The van der Waals surface area contributed by atoms with Gasteiger partial charge in [0, 0.05) is 43.3 Å². The van der Waals surface area contributed by atoms with Gasteiger partial charge in [0.05, 0.1) is 74.8 Å². The van der Waals surface area contributed by atoms with Gasteiger partial charge in [-0.2, -0.15) is 0 Å². The van der Waals surface area contributed by atoms with E-state index in [9.17, 15) is 99.9 Å². The van der Waals surface area contributed by atoms with Crippen molar-refractivity contribution in [2.24, 2.45) is 0 Å². The normalized spacial score (nSPS) is 15.2. The van der Waals surface area contributed by atoms with Gasteiger partial charge in [0.15, 0.2) is 17.2 Å². The number of carbonyl (C=O) groups is 4.